The van der Waals surface area contributed by atoms with Gasteiger partial charge in [0.1, 0.15) is 0 Å². The number of hydrogen-bond acceptors (Lipinski definition) is 3. The number of anilines is 2. The summed E-state index contributed by atoms with van der Waals surface area (Å²) in [4.78, 5) is 3.33. The summed E-state index contributed by atoms with van der Waals surface area (Å²) >= 11 is 7.50. The van der Waals surface area contributed by atoms with Crippen LogP contribution in [0.5, 0.6) is 0 Å². The van der Waals surface area contributed by atoms with E-state index in [-0.39, 0.29) is 0 Å². The Balaban J connectivity index is 2.01. The fraction of sp³-hybridized carbons (Fsp3) is 0.231. The van der Waals surface area contributed by atoms with E-state index in [0.29, 0.717) is 0 Å². The summed E-state index contributed by atoms with van der Waals surface area (Å²) in [7, 11) is 4.08. The Labute approximate surface area is 111 Å². The van der Waals surface area contributed by atoms with Crippen molar-refractivity contribution in [1.82, 2.24) is 0 Å². The van der Waals surface area contributed by atoms with Gasteiger partial charge in [0.2, 0.25) is 0 Å². The molecule has 0 aliphatic heterocycles. The molecule has 0 amide bonds. The van der Waals surface area contributed by atoms with Gasteiger partial charge >= 0.3 is 0 Å². The molecule has 17 heavy (non-hydrogen) atoms. The quantitative estimate of drug-likeness (QED) is 0.897. The fourth-order valence-corrected chi connectivity index (χ4v) is 2.56. The largest absolute Gasteiger partial charge is 0.380 e. The molecule has 1 heterocycles. The van der Waals surface area contributed by atoms with Gasteiger partial charge < -0.3 is 10.2 Å². The predicted octanol–water partition coefficient (Wildman–Crippen LogP) is 4.08. The number of nitrogens with zero attached hydrogens (tertiary/aromatic N) is 1. The molecule has 0 aliphatic carbocycles. The van der Waals surface area contributed by atoms with Crippen LogP contribution in [0.1, 0.15) is 4.88 Å². The van der Waals surface area contributed by atoms with Gasteiger partial charge in [-0.05, 0) is 30.3 Å². The van der Waals surface area contributed by atoms with Gasteiger partial charge in [-0.1, -0.05) is 17.7 Å². The van der Waals surface area contributed by atoms with Crippen molar-refractivity contribution in [2.24, 2.45) is 0 Å². The molecule has 2 nitrogen and oxygen atoms in total. The van der Waals surface area contributed by atoms with Crippen molar-refractivity contribution >= 4 is 34.3 Å². The molecule has 1 aromatic carbocycles. The minimum absolute atomic E-state index is 0.814. The third-order valence-electron chi connectivity index (χ3n) is 2.46. The second-order valence-electron chi connectivity index (χ2n) is 4.00. The third-order valence-corrected chi connectivity index (χ3v) is 3.69. The monoisotopic (exact) mass is 266 g/mol. The van der Waals surface area contributed by atoms with E-state index in [2.05, 4.69) is 40.5 Å². The molecule has 0 saturated carbocycles. The van der Waals surface area contributed by atoms with Gasteiger partial charge in [-0.2, -0.15) is 0 Å². The van der Waals surface area contributed by atoms with Gasteiger partial charge in [0, 0.05) is 36.9 Å². The summed E-state index contributed by atoms with van der Waals surface area (Å²) in [6, 6.07) is 12.3. The lowest BCUT2D eigenvalue weighted by atomic mass is 10.2. The molecule has 0 aliphatic rings. The van der Waals surface area contributed by atoms with Crippen LogP contribution in [0.3, 0.4) is 0 Å². The molecule has 1 N–H and O–H groups in total. The molecule has 0 bridgehead atoms. The topological polar surface area (TPSA) is 15.3 Å². The Morgan fingerprint density at radius 3 is 2.71 bits per heavy atom. The lowest BCUT2D eigenvalue weighted by Crippen LogP contribution is -2.08. The van der Waals surface area contributed by atoms with Crippen LogP contribution in [0.2, 0.25) is 4.34 Å². The van der Waals surface area contributed by atoms with E-state index in [0.717, 1.165) is 16.6 Å². The number of thiophene rings is 1. The average molecular weight is 267 g/mol. The number of rotatable bonds is 4. The number of benzene rings is 1. The average Bonchev–Trinajstić information content (AvgIpc) is 2.73. The van der Waals surface area contributed by atoms with Crippen LogP contribution in [0.25, 0.3) is 0 Å². The molecular weight excluding hydrogens is 252 g/mol. The van der Waals surface area contributed by atoms with Crippen molar-refractivity contribution in [3.05, 3.63) is 45.6 Å². The van der Waals surface area contributed by atoms with Crippen LogP contribution in [0, 0.1) is 0 Å². The molecule has 4 heteroatoms. The van der Waals surface area contributed by atoms with Crippen molar-refractivity contribution < 1.29 is 0 Å². The Hall–Kier alpha value is -1.19. The number of nitrogens with one attached hydrogen (secondary N) is 1. The van der Waals surface area contributed by atoms with Gasteiger partial charge in [-0.15, -0.1) is 11.3 Å². The van der Waals surface area contributed by atoms with E-state index in [1.54, 1.807) is 11.3 Å². The Bertz CT molecular complexity index is 494. The van der Waals surface area contributed by atoms with E-state index in [4.69, 9.17) is 11.6 Å². The lowest BCUT2D eigenvalue weighted by Gasteiger charge is -2.14. The molecule has 0 radical (unpaired) electrons. The maximum atomic E-state index is 5.89. The van der Waals surface area contributed by atoms with Crippen LogP contribution in [0.15, 0.2) is 36.4 Å². The zero-order valence-corrected chi connectivity index (χ0v) is 11.5. The maximum Gasteiger partial charge on any atom is 0.0931 e. The minimum atomic E-state index is 0.814. The van der Waals surface area contributed by atoms with Crippen molar-refractivity contribution in [3.63, 3.8) is 0 Å². The van der Waals surface area contributed by atoms with E-state index < -0.39 is 0 Å². The highest BCUT2D eigenvalue weighted by molar-refractivity contribution is 7.16. The standard InChI is InChI=1S/C13H15ClN2S/c1-16(2)11-5-3-4-10(8-11)15-9-12-6-7-13(14)17-12/h3-8,15H,9H2,1-2H3. The fourth-order valence-electron chi connectivity index (χ4n) is 1.53. The zero-order chi connectivity index (χ0) is 12.3. The maximum absolute atomic E-state index is 5.89. The van der Waals surface area contributed by atoms with E-state index in [1.165, 1.54) is 10.6 Å². The van der Waals surface area contributed by atoms with Crippen LogP contribution < -0.4 is 10.2 Å². The smallest absolute Gasteiger partial charge is 0.0931 e. The summed E-state index contributed by atoms with van der Waals surface area (Å²) in [6.45, 7) is 0.814. The zero-order valence-electron chi connectivity index (χ0n) is 9.90. The van der Waals surface area contributed by atoms with Crippen LogP contribution in [-0.2, 0) is 6.54 Å². The van der Waals surface area contributed by atoms with E-state index >= 15 is 0 Å². The van der Waals surface area contributed by atoms with Gasteiger partial charge in [0.15, 0.2) is 0 Å². The highest BCUT2D eigenvalue weighted by Crippen LogP contribution is 2.23. The summed E-state index contributed by atoms with van der Waals surface area (Å²) in [5, 5.41) is 3.39. The first-order valence-corrected chi connectivity index (χ1v) is 6.60. The first-order valence-electron chi connectivity index (χ1n) is 5.40. The summed E-state index contributed by atoms with van der Waals surface area (Å²) in [5.41, 5.74) is 2.32. The molecule has 0 unspecified atom stereocenters. The molecule has 2 rings (SSSR count). The predicted molar refractivity (Wildman–Crippen MR) is 77.4 cm³/mol. The summed E-state index contributed by atoms with van der Waals surface area (Å²) < 4.78 is 0.837. The Morgan fingerprint density at radius 2 is 2.06 bits per heavy atom. The van der Waals surface area contributed by atoms with E-state index in [9.17, 15) is 0 Å². The molecule has 0 saturated heterocycles. The lowest BCUT2D eigenvalue weighted by molar-refractivity contribution is 1.12. The van der Waals surface area contributed by atoms with Gasteiger partial charge in [0.25, 0.3) is 0 Å². The highest BCUT2D eigenvalue weighted by Gasteiger charge is 2.00. The number of hydrogen-bond donors (Lipinski definition) is 1. The molecule has 2 aromatic rings. The molecule has 1 aromatic heterocycles. The molecule has 0 fully saturated rings. The normalized spacial score (nSPS) is 10.3. The van der Waals surface area contributed by atoms with Crippen LogP contribution in [-0.4, -0.2) is 14.1 Å². The first-order chi connectivity index (χ1) is 8.15. The SMILES string of the molecule is CN(C)c1cccc(NCc2ccc(Cl)s2)c1. The minimum Gasteiger partial charge on any atom is -0.380 e. The highest BCUT2D eigenvalue weighted by atomic mass is 35.5. The van der Waals surface area contributed by atoms with Crippen LogP contribution in [0.4, 0.5) is 11.4 Å². The molecular formula is C13H15ClN2S. The van der Waals surface area contributed by atoms with Gasteiger partial charge in [-0.3, -0.25) is 0 Å². The second-order valence-corrected chi connectivity index (χ2v) is 5.80. The summed E-state index contributed by atoms with van der Waals surface area (Å²) in [5.74, 6) is 0. The Morgan fingerprint density at radius 1 is 1.24 bits per heavy atom. The van der Waals surface area contributed by atoms with Crippen LogP contribution >= 0.6 is 22.9 Å². The third kappa shape index (κ3) is 3.38. The number of halogens is 1. The molecule has 0 spiro atoms. The van der Waals surface area contributed by atoms with Crippen molar-refractivity contribution in [2.75, 3.05) is 24.3 Å². The van der Waals surface area contributed by atoms with Gasteiger partial charge in [0.05, 0.1) is 4.34 Å². The first kappa shape index (κ1) is 12.3. The molecule has 90 valence electrons. The molecule has 0 atom stereocenters. The Kier molecular flexibility index (Phi) is 3.92. The van der Waals surface area contributed by atoms with Crippen molar-refractivity contribution in [2.45, 2.75) is 6.54 Å². The van der Waals surface area contributed by atoms with Gasteiger partial charge in [-0.25, -0.2) is 0 Å². The van der Waals surface area contributed by atoms with E-state index in [1.807, 2.05) is 20.2 Å². The van der Waals surface area contributed by atoms with Crippen molar-refractivity contribution in [1.29, 1.82) is 0 Å². The second kappa shape index (κ2) is 5.43. The summed E-state index contributed by atoms with van der Waals surface area (Å²) in [6.07, 6.45) is 0. The van der Waals surface area contributed by atoms with Crippen molar-refractivity contribution in [3.8, 4) is 0 Å².